The van der Waals surface area contributed by atoms with Gasteiger partial charge in [-0.05, 0) is 116 Å². The number of furan rings is 2. The number of para-hydroxylation sites is 3. The third kappa shape index (κ3) is 4.76. The van der Waals surface area contributed by atoms with Crippen LogP contribution >= 0.6 is 0 Å². The van der Waals surface area contributed by atoms with Crippen LogP contribution in [0.1, 0.15) is 22.3 Å². The van der Waals surface area contributed by atoms with Crippen molar-refractivity contribution in [3.8, 4) is 44.5 Å². The second-order valence-corrected chi connectivity index (χ2v) is 17.1. The molecule has 1 spiro atoms. The number of rotatable bonds is 4. The molecule has 298 valence electrons. The molecule has 2 aliphatic carbocycles. The van der Waals surface area contributed by atoms with E-state index in [1.54, 1.807) is 0 Å². The summed E-state index contributed by atoms with van der Waals surface area (Å²) in [6, 6.07) is 81.8. The van der Waals surface area contributed by atoms with Crippen molar-refractivity contribution in [2.75, 3.05) is 4.90 Å². The van der Waals surface area contributed by atoms with Gasteiger partial charge in [0.25, 0.3) is 0 Å². The van der Waals surface area contributed by atoms with Gasteiger partial charge in [-0.25, -0.2) is 0 Å². The molecule has 0 fully saturated rings. The predicted octanol–water partition coefficient (Wildman–Crippen LogP) is 16.6. The molecule has 1 atom stereocenters. The first-order valence-electron chi connectivity index (χ1n) is 22.0. The Morgan fingerprint density at radius 1 is 0.297 bits per heavy atom. The highest BCUT2D eigenvalue weighted by Gasteiger charge is 2.50. The zero-order chi connectivity index (χ0) is 41.9. The van der Waals surface area contributed by atoms with Crippen molar-refractivity contribution in [3.63, 3.8) is 0 Å². The van der Waals surface area contributed by atoms with E-state index >= 15 is 0 Å². The SMILES string of the molecule is c1ccc(-c2ccccc2N(c2ccc3c(c2)-c2ccccc2-c2ccccc2C32c3ccccc3-c3cc4c(cc32)oc2ccccc24)c2cccc3oc4ccccc4c23)cc1. The van der Waals surface area contributed by atoms with E-state index in [1.807, 2.05) is 6.07 Å². The number of hydrogen-bond donors (Lipinski definition) is 0. The summed E-state index contributed by atoms with van der Waals surface area (Å²) in [5.41, 5.74) is 20.6. The molecular formula is C61H37NO2. The van der Waals surface area contributed by atoms with Gasteiger partial charge in [0, 0.05) is 27.4 Å². The topological polar surface area (TPSA) is 29.5 Å². The van der Waals surface area contributed by atoms with Crippen LogP contribution in [0.25, 0.3) is 88.4 Å². The minimum Gasteiger partial charge on any atom is -0.456 e. The van der Waals surface area contributed by atoms with Gasteiger partial charge in [0.2, 0.25) is 0 Å². The normalized spacial score (nSPS) is 14.6. The fraction of sp³-hybridized carbons (Fsp3) is 0.0164. The molecule has 2 aliphatic rings. The summed E-state index contributed by atoms with van der Waals surface area (Å²) in [5, 5.41) is 4.43. The molecule has 0 N–H and O–H groups in total. The molecule has 0 bridgehead atoms. The second kappa shape index (κ2) is 13.3. The standard InChI is InChI=1S/C61H37NO2/c1-2-17-38(18-3-1)40-19-8-13-28-54(40)62(55-29-16-32-58-60(55)46-25-10-15-31-57(46)63-58)39-33-34-52-47(35-39)42-21-5-4-20-41(42)43-22-6-11-26-50(43)61(52)51-27-12-7-23-44(51)48-36-49-45-24-9-14-30-56(45)64-59(49)37-53(48)61/h1-37H. The van der Waals surface area contributed by atoms with Gasteiger partial charge in [-0.15, -0.1) is 0 Å². The summed E-state index contributed by atoms with van der Waals surface area (Å²) in [4.78, 5) is 2.45. The van der Waals surface area contributed by atoms with Crippen LogP contribution in [0, 0.1) is 0 Å². The molecule has 0 amide bonds. The van der Waals surface area contributed by atoms with E-state index < -0.39 is 5.41 Å². The Bertz CT molecular complexity index is 3870. The van der Waals surface area contributed by atoms with Crippen molar-refractivity contribution in [1.82, 2.24) is 0 Å². The van der Waals surface area contributed by atoms with Crippen molar-refractivity contribution in [2.24, 2.45) is 0 Å². The summed E-state index contributed by atoms with van der Waals surface area (Å²) >= 11 is 0. The molecule has 14 rings (SSSR count). The van der Waals surface area contributed by atoms with Crippen LogP contribution in [-0.4, -0.2) is 0 Å². The predicted molar refractivity (Wildman–Crippen MR) is 263 cm³/mol. The molecule has 2 heterocycles. The maximum Gasteiger partial charge on any atom is 0.137 e. The molecule has 10 aromatic carbocycles. The Balaban J connectivity index is 1.12. The molecule has 2 aromatic heterocycles. The molecule has 1 unspecified atom stereocenters. The summed E-state index contributed by atoms with van der Waals surface area (Å²) in [5.74, 6) is 0. The van der Waals surface area contributed by atoms with Crippen molar-refractivity contribution in [2.45, 2.75) is 5.41 Å². The highest BCUT2D eigenvalue weighted by Crippen LogP contribution is 2.63. The lowest BCUT2D eigenvalue weighted by atomic mass is 9.66. The largest absolute Gasteiger partial charge is 0.456 e. The smallest absolute Gasteiger partial charge is 0.137 e. The van der Waals surface area contributed by atoms with Gasteiger partial charge < -0.3 is 13.7 Å². The van der Waals surface area contributed by atoms with E-state index in [2.05, 4.69) is 223 Å². The molecule has 3 nitrogen and oxygen atoms in total. The minimum absolute atomic E-state index is 0.671. The van der Waals surface area contributed by atoms with Crippen molar-refractivity contribution >= 4 is 60.9 Å². The van der Waals surface area contributed by atoms with Crippen LogP contribution in [0.5, 0.6) is 0 Å². The highest BCUT2D eigenvalue weighted by molar-refractivity contribution is 6.14. The summed E-state index contributed by atoms with van der Waals surface area (Å²) < 4.78 is 13.3. The van der Waals surface area contributed by atoms with Crippen LogP contribution in [0.3, 0.4) is 0 Å². The maximum absolute atomic E-state index is 6.72. The Labute approximate surface area is 369 Å². The number of nitrogens with zero attached hydrogens (tertiary/aromatic N) is 1. The van der Waals surface area contributed by atoms with E-state index in [0.29, 0.717) is 0 Å². The van der Waals surface area contributed by atoms with Gasteiger partial charge in [0.15, 0.2) is 0 Å². The lowest BCUT2D eigenvalue weighted by Gasteiger charge is -2.36. The Morgan fingerprint density at radius 2 is 0.828 bits per heavy atom. The van der Waals surface area contributed by atoms with E-state index in [-0.39, 0.29) is 0 Å². The number of benzene rings is 10. The second-order valence-electron chi connectivity index (χ2n) is 17.1. The first-order valence-corrected chi connectivity index (χ1v) is 22.0. The lowest BCUT2D eigenvalue weighted by molar-refractivity contribution is 0.666. The third-order valence-electron chi connectivity index (χ3n) is 13.9. The van der Waals surface area contributed by atoms with Gasteiger partial charge in [-0.2, -0.15) is 0 Å². The molecule has 0 radical (unpaired) electrons. The Morgan fingerprint density at radius 3 is 1.61 bits per heavy atom. The fourth-order valence-electron chi connectivity index (χ4n) is 11.3. The summed E-state index contributed by atoms with van der Waals surface area (Å²) in [7, 11) is 0. The lowest BCUT2D eigenvalue weighted by Crippen LogP contribution is -2.29. The van der Waals surface area contributed by atoms with Crippen molar-refractivity contribution < 1.29 is 8.83 Å². The zero-order valence-corrected chi connectivity index (χ0v) is 34.6. The van der Waals surface area contributed by atoms with Crippen LogP contribution in [0.15, 0.2) is 233 Å². The number of anilines is 3. The monoisotopic (exact) mass is 815 g/mol. The maximum atomic E-state index is 6.72. The number of hydrogen-bond acceptors (Lipinski definition) is 3. The molecule has 12 aromatic rings. The van der Waals surface area contributed by atoms with Crippen LogP contribution in [0.2, 0.25) is 0 Å². The number of fused-ring (bicyclic) bond motifs is 18. The first kappa shape index (κ1) is 35.2. The quantitative estimate of drug-likeness (QED) is 0.177. The van der Waals surface area contributed by atoms with E-state index in [1.165, 1.54) is 55.6 Å². The van der Waals surface area contributed by atoms with Crippen molar-refractivity contribution in [3.05, 3.63) is 247 Å². The average molecular weight is 816 g/mol. The molecule has 64 heavy (non-hydrogen) atoms. The van der Waals surface area contributed by atoms with E-state index in [0.717, 1.165) is 72.1 Å². The minimum atomic E-state index is -0.671. The molecule has 3 heteroatoms. The Hall–Kier alpha value is -8.40. The van der Waals surface area contributed by atoms with Crippen LogP contribution in [0.4, 0.5) is 17.1 Å². The molecular weight excluding hydrogens is 779 g/mol. The van der Waals surface area contributed by atoms with Gasteiger partial charge in [0.05, 0.1) is 22.2 Å². The molecule has 0 saturated carbocycles. The zero-order valence-electron chi connectivity index (χ0n) is 34.6. The molecule has 0 saturated heterocycles. The van der Waals surface area contributed by atoms with Crippen LogP contribution in [-0.2, 0) is 5.41 Å². The van der Waals surface area contributed by atoms with Crippen molar-refractivity contribution in [1.29, 1.82) is 0 Å². The van der Waals surface area contributed by atoms with Crippen LogP contribution < -0.4 is 4.90 Å². The Kier molecular flexibility index (Phi) is 7.32. The van der Waals surface area contributed by atoms with E-state index in [4.69, 9.17) is 8.83 Å². The van der Waals surface area contributed by atoms with Gasteiger partial charge >= 0.3 is 0 Å². The summed E-state index contributed by atoms with van der Waals surface area (Å²) in [6.07, 6.45) is 0. The highest BCUT2D eigenvalue weighted by atomic mass is 16.3. The van der Waals surface area contributed by atoms with Gasteiger partial charge in [-0.3, -0.25) is 0 Å². The fourth-order valence-corrected chi connectivity index (χ4v) is 11.3. The van der Waals surface area contributed by atoms with E-state index in [9.17, 15) is 0 Å². The third-order valence-corrected chi connectivity index (χ3v) is 13.9. The van der Waals surface area contributed by atoms with Gasteiger partial charge in [-0.1, -0.05) is 170 Å². The molecule has 0 aliphatic heterocycles. The first-order chi connectivity index (χ1) is 31.8. The average Bonchev–Trinajstić information content (AvgIpc) is 4.00. The van der Waals surface area contributed by atoms with Gasteiger partial charge in [0.1, 0.15) is 22.3 Å². The summed E-state index contributed by atoms with van der Waals surface area (Å²) in [6.45, 7) is 0.